The van der Waals surface area contributed by atoms with Gasteiger partial charge in [0.1, 0.15) is 6.10 Å². The van der Waals surface area contributed by atoms with Crippen LogP contribution in [0.1, 0.15) is 13.3 Å². The van der Waals surface area contributed by atoms with Gasteiger partial charge in [-0.15, -0.1) is 0 Å². The maximum atomic E-state index is 10.8. The van der Waals surface area contributed by atoms with Gasteiger partial charge in [-0.3, -0.25) is 4.79 Å². The third-order valence-corrected chi connectivity index (χ3v) is 1.93. The molecule has 1 aliphatic rings. The third kappa shape index (κ3) is 1.60. The van der Waals surface area contributed by atoms with E-state index in [1.807, 2.05) is 6.92 Å². The maximum Gasteiger partial charge on any atom is 0.306 e. The van der Waals surface area contributed by atoms with E-state index in [0.29, 0.717) is 6.42 Å². The van der Waals surface area contributed by atoms with E-state index in [2.05, 4.69) is 6.58 Å². The van der Waals surface area contributed by atoms with Gasteiger partial charge >= 0.3 is 5.97 Å². The molecule has 2 atom stereocenters. The molecule has 1 heterocycles. The zero-order valence-corrected chi connectivity index (χ0v) is 6.54. The molecular weight excluding hydrogens is 144 g/mol. The summed E-state index contributed by atoms with van der Waals surface area (Å²) in [5, 5.41) is 8.78. The molecule has 1 rings (SSSR count). The normalized spacial score (nSPS) is 30.2. The van der Waals surface area contributed by atoms with Gasteiger partial charge in [0.15, 0.2) is 0 Å². The molecule has 0 radical (unpaired) electrons. The fraction of sp³-hybridized carbons (Fsp3) is 0.625. The highest BCUT2D eigenvalue weighted by Crippen LogP contribution is 2.27. The molecule has 3 nitrogen and oxygen atoms in total. The summed E-state index contributed by atoms with van der Waals surface area (Å²) in [5.41, 5.74) is 0.898. The number of cyclic esters (lactones) is 1. The minimum atomic E-state index is -0.361. The van der Waals surface area contributed by atoms with Crippen LogP contribution in [0.25, 0.3) is 0 Å². The Kier molecular flexibility index (Phi) is 2.29. The molecular formula is C8H12O3. The molecule has 1 fully saturated rings. The van der Waals surface area contributed by atoms with Crippen molar-refractivity contribution in [2.45, 2.75) is 19.4 Å². The molecule has 0 spiro atoms. The van der Waals surface area contributed by atoms with Crippen molar-refractivity contribution in [3.8, 4) is 0 Å². The molecule has 0 aromatic heterocycles. The highest BCUT2D eigenvalue weighted by atomic mass is 16.6. The van der Waals surface area contributed by atoms with Gasteiger partial charge in [-0.1, -0.05) is 12.2 Å². The molecule has 62 valence electrons. The first-order valence-corrected chi connectivity index (χ1v) is 3.61. The van der Waals surface area contributed by atoms with Crippen LogP contribution < -0.4 is 0 Å². The highest BCUT2D eigenvalue weighted by Gasteiger charge is 2.34. The summed E-state index contributed by atoms with van der Waals surface area (Å²) < 4.78 is 4.83. The first-order valence-electron chi connectivity index (χ1n) is 3.61. The van der Waals surface area contributed by atoms with Gasteiger partial charge in [0, 0.05) is 5.92 Å². The van der Waals surface area contributed by atoms with Crippen molar-refractivity contribution in [1.29, 1.82) is 0 Å². The van der Waals surface area contributed by atoms with Gasteiger partial charge in [0.2, 0.25) is 0 Å². The van der Waals surface area contributed by atoms with Crippen molar-refractivity contribution in [3.63, 3.8) is 0 Å². The lowest BCUT2D eigenvalue weighted by Gasteiger charge is -2.13. The Bertz CT molecular complexity index is 186. The van der Waals surface area contributed by atoms with Crippen LogP contribution in [0.3, 0.4) is 0 Å². The average molecular weight is 156 g/mol. The summed E-state index contributed by atoms with van der Waals surface area (Å²) in [4.78, 5) is 10.8. The molecule has 0 aromatic rings. The Morgan fingerprint density at radius 3 is 2.91 bits per heavy atom. The lowest BCUT2D eigenvalue weighted by Crippen LogP contribution is -2.20. The van der Waals surface area contributed by atoms with E-state index >= 15 is 0 Å². The summed E-state index contributed by atoms with van der Waals surface area (Å²) in [6.07, 6.45) is 0.000556. The Labute approximate surface area is 65.7 Å². The second kappa shape index (κ2) is 3.05. The molecule has 0 saturated carbocycles. The number of aliphatic hydroxyl groups excluding tert-OH is 1. The molecule has 0 bridgehead atoms. The summed E-state index contributed by atoms with van der Waals surface area (Å²) in [6, 6.07) is 0. The average Bonchev–Trinajstić information content (AvgIpc) is 2.30. The van der Waals surface area contributed by atoms with E-state index in [-0.39, 0.29) is 24.6 Å². The van der Waals surface area contributed by atoms with Crippen LogP contribution >= 0.6 is 0 Å². The summed E-state index contributed by atoms with van der Waals surface area (Å²) in [5.74, 6) is -0.232. The second-order valence-electron chi connectivity index (χ2n) is 2.87. The molecule has 1 N–H and O–H groups in total. The summed E-state index contributed by atoms with van der Waals surface area (Å²) in [6.45, 7) is 5.46. The minimum absolute atomic E-state index is 0.00694. The van der Waals surface area contributed by atoms with Crippen molar-refractivity contribution in [1.82, 2.24) is 0 Å². The number of esters is 1. The fourth-order valence-corrected chi connectivity index (χ4v) is 1.27. The topological polar surface area (TPSA) is 46.5 Å². The van der Waals surface area contributed by atoms with Gasteiger partial charge in [0.25, 0.3) is 0 Å². The Morgan fingerprint density at radius 1 is 1.91 bits per heavy atom. The summed E-state index contributed by atoms with van der Waals surface area (Å²) in [7, 11) is 0. The van der Waals surface area contributed by atoms with E-state index in [4.69, 9.17) is 9.84 Å². The third-order valence-electron chi connectivity index (χ3n) is 1.93. The zero-order valence-electron chi connectivity index (χ0n) is 6.54. The lowest BCUT2D eigenvalue weighted by molar-refractivity contribution is -0.142. The van der Waals surface area contributed by atoms with Gasteiger partial charge in [-0.25, -0.2) is 0 Å². The van der Waals surface area contributed by atoms with Gasteiger partial charge < -0.3 is 9.84 Å². The van der Waals surface area contributed by atoms with Crippen LogP contribution in [0.4, 0.5) is 0 Å². The minimum Gasteiger partial charge on any atom is -0.459 e. The number of carbonyl (C=O) groups is 1. The SMILES string of the molecule is C=C(C)C1CC(=O)OC1CO. The Hall–Kier alpha value is -0.830. The molecule has 0 aromatic carbocycles. The molecule has 2 unspecified atom stereocenters. The van der Waals surface area contributed by atoms with Crippen molar-refractivity contribution >= 4 is 5.97 Å². The van der Waals surface area contributed by atoms with Gasteiger partial charge in [0.05, 0.1) is 13.0 Å². The summed E-state index contributed by atoms with van der Waals surface area (Å²) >= 11 is 0. The molecule has 1 aliphatic heterocycles. The highest BCUT2D eigenvalue weighted by molar-refractivity contribution is 5.72. The first kappa shape index (κ1) is 8.27. The zero-order chi connectivity index (χ0) is 8.43. The van der Waals surface area contributed by atoms with Crippen LogP contribution in [0, 0.1) is 5.92 Å². The van der Waals surface area contributed by atoms with Gasteiger partial charge in [-0.2, -0.15) is 0 Å². The smallest absolute Gasteiger partial charge is 0.306 e. The van der Waals surface area contributed by atoms with Gasteiger partial charge in [-0.05, 0) is 6.92 Å². The largest absolute Gasteiger partial charge is 0.459 e. The number of carbonyl (C=O) groups excluding carboxylic acids is 1. The van der Waals surface area contributed by atoms with E-state index < -0.39 is 0 Å². The molecule has 1 saturated heterocycles. The van der Waals surface area contributed by atoms with Crippen LogP contribution in [0.2, 0.25) is 0 Å². The van der Waals surface area contributed by atoms with Crippen molar-refractivity contribution in [2.75, 3.05) is 6.61 Å². The molecule has 11 heavy (non-hydrogen) atoms. The number of hydrogen-bond acceptors (Lipinski definition) is 3. The molecule has 3 heteroatoms. The first-order chi connectivity index (χ1) is 5.15. The van der Waals surface area contributed by atoms with Crippen molar-refractivity contribution in [3.05, 3.63) is 12.2 Å². The second-order valence-corrected chi connectivity index (χ2v) is 2.87. The standard InChI is InChI=1S/C8H12O3/c1-5(2)6-3-8(10)11-7(6)4-9/h6-7,9H,1,3-4H2,2H3. The number of aliphatic hydroxyl groups is 1. The van der Waals surface area contributed by atoms with Crippen molar-refractivity contribution < 1.29 is 14.6 Å². The number of ether oxygens (including phenoxy) is 1. The fourth-order valence-electron chi connectivity index (χ4n) is 1.27. The monoisotopic (exact) mass is 156 g/mol. The Balaban J connectivity index is 2.64. The van der Waals surface area contributed by atoms with E-state index in [9.17, 15) is 4.79 Å². The number of rotatable bonds is 2. The lowest BCUT2D eigenvalue weighted by atomic mass is 9.95. The molecule has 0 aliphatic carbocycles. The van der Waals surface area contributed by atoms with Crippen LogP contribution in [-0.2, 0) is 9.53 Å². The predicted octanol–water partition coefficient (Wildman–Crippen LogP) is 0.486. The van der Waals surface area contributed by atoms with Crippen LogP contribution in [0.15, 0.2) is 12.2 Å². The van der Waals surface area contributed by atoms with E-state index in [0.717, 1.165) is 5.57 Å². The maximum absolute atomic E-state index is 10.8. The van der Waals surface area contributed by atoms with Crippen LogP contribution in [-0.4, -0.2) is 23.8 Å². The van der Waals surface area contributed by atoms with E-state index in [1.54, 1.807) is 0 Å². The Morgan fingerprint density at radius 2 is 2.55 bits per heavy atom. The predicted molar refractivity (Wildman–Crippen MR) is 39.9 cm³/mol. The van der Waals surface area contributed by atoms with Crippen LogP contribution in [0.5, 0.6) is 0 Å². The number of hydrogen-bond donors (Lipinski definition) is 1. The quantitative estimate of drug-likeness (QED) is 0.467. The van der Waals surface area contributed by atoms with Crippen molar-refractivity contribution in [2.24, 2.45) is 5.92 Å². The molecule has 0 amide bonds. The van der Waals surface area contributed by atoms with E-state index in [1.165, 1.54) is 0 Å².